The van der Waals surface area contributed by atoms with E-state index in [1.807, 2.05) is 6.07 Å². The van der Waals surface area contributed by atoms with E-state index in [-0.39, 0.29) is 0 Å². The fraction of sp³-hybridized carbons (Fsp3) is 0.688. The van der Waals surface area contributed by atoms with Crippen molar-refractivity contribution >= 4 is 0 Å². The van der Waals surface area contributed by atoms with Crippen LogP contribution in [0, 0.1) is 0 Å². The number of nitrogens with zero attached hydrogens (tertiary/aromatic N) is 1. The number of aryl methyl sites for hydroxylation is 1. The minimum absolute atomic E-state index is 0.559. The SMILES string of the molecule is CCCOCCOc1cc(CNCC)cc(CCC)n1. The molecule has 114 valence electrons. The van der Waals surface area contributed by atoms with Crippen LogP contribution in [0.3, 0.4) is 0 Å². The molecule has 0 radical (unpaired) electrons. The quantitative estimate of drug-likeness (QED) is 0.633. The standard InChI is InChI=1S/C16H28N2O2/c1-4-7-15-11-14(13-17-6-3)12-16(18-15)20-10-9-19-8-5-2/h11-12,17H,4-10,13H2,1-3H3. The van der Waals surface area contributed by atoms with Gasteiger partial charge in [-0.3, -0.25) is 0 Å². The maximum atomic E-state index is 5.70. The first-order valence-corrected chi connectivity index (χ1v) is 7.71. The van der Waals surface area contributed by atoms with E-state index >= 15 is 0 Å². The Bertz CT molecular complexity index is 369. The van der Waals surface area contributed by atoms with Gasteiger partial charge in [0.15, 0.2) is 0 Å². The van der Waals surface area contributed by atoms with Gasteiger partial charge in [-0.15, -0.1) is 0 Å². The Morgan fingerprint density at radius 1 is 1.05 bits per heavy atom. The van der Waals surface area contributed by atoms with Crippen LogP contribution in [-0.4, -0.2) is 31.3 Å². The van der Waals surface area contributed by atoms with Crippen molar-refractivity contribution in [3.8, 4) is 5.88 Å². The normalized spacial score (nSPS) is 10.8. The highest BCUT2D eigenvalue weighted by atomic mass is 16.5. The molecule has 0 aliphatic heterocycles. The molecular formula is C16H28N2O2. The summed E-state index contributed by atoms with van der Waals surface area (Å²) < 4.78 is 11.1. The van der Waals surface area contributed by atoms with Gasteiger partial charge in [-0.05, 0) is 31.0 Å². The lowest BCUT2D eigenvalue weighted by Crippen LogP contribution is -2.13. The Labute approximate surface area is 122 Å². The molecule has 0 fully saturated rings. The highest BCUT2D eigenvalue weighted by molar-refractivity contribution is 5.25. The first-order valence-electron chi connectivity index (χ1n) is 7.71. The summed E-state index contributed by atoms with van der Waals surface area (Å²) in [5.74, 6) is 0.712. The van der Waals surface area contributed by atoms with Crippen LogP contribution in [0.1, 0.15) is 44.9 Å². The number of rotatable bonds is 11. The molecule has 1 N–H and O–H groups in total. The van der Waals surface area contributed by atoms with Gasteiger partial charge in [-0.25, -0.2) is 4.98 Å². The summed E-state index contributed by atoms with van der Waals surface area (Å²) in [6.45, 7) is 10.2. The van der Waals surface area contributed by atoms with Crippen molar-refractivity contribution < 1.29 is 9.47 Å². The third-order valence-electron chi connectivity index (χ3n) is 2.83. The lowest BCUT2D eigenvalue weighted by atomic mass is 10.1. The molecular weight excluding hydrogens is 252 g/mol. The molecule has 0 spiro atoms. The molecule has 1 rings (SSSR count). The number of hydrogen-bond donors (Lipinski definition) is 1. The van der Waals surface area contributed by atoms with Crippen LogP contribution in [0.25, 0.3) is 0 Å². The molecule has 0 saturated carbocycles. The Balaban J connectivity index is 2.55. The molecule has 0 aliphatic carbocycles. The fourth-order valence-corrected chi connectivity index (χ4v) is 1.90. The second-order valence-electron chi connectivity index (χ2n) is 4.80. The van der Waals surface area contributed by atoms with E-state index in [0.29, 0.717) is 19.1 Å². The molecule has 0 amide bonds. The van der Waals surface area contributed by atoms with Crippen LogP contribution < -0.4 is 10.1 Å². The van der Waals surface area contributed by atoms with Gasteiger partial charge in [0.1, 0.15) is 6.61 Å². The van der Waals surface area contributed by atoms with E-state index < -0.39 is 0 Å². The van der Waals surface area contributed by atoms with Crippen molar-refractivity contribution in [2.75, 3.05) is 26.4 Å². The predicted molar refractivity (Wildman–Crippen MR) is 82.2 cm³/mol. The van der Waals surface area contributed by atoms with Crippen molar-refractivity contribution in [2.24, 2.45) is 0 Å². The summed E-state index contributed by atoms with van der Waals surface area (Å²) in [5.41, 5.74) is 2.34. The number of ether oxygens (including phenoxy) is 2. The van der Waals surface area contributed by atoms with Crippen LogP contribution in [0.5, 0.6) is 5.88 Å². The summed E-state index contributed by atoms with van der Waals surface area (Å²) in [4.78, 5) is 4.54. The molecule has 1 aromatic rings. The number of nitrogens with one attached hydrogen (secondary N) is 1. The molecule has 0 atom stereocenters. The average Bonchev–Trinajstić information content (AvgIpc) is 2.45. The molecule has 4 heteroatoms. The number of pyridine rings is 1. The predicted octanol–water partition coefficient (Wildman–Crippen LogP) is 2.95. The summed E-state index contributed by atoms with van der Waals surface area (Å²) in [5, 5.41) is 3.34. The van der Waals surface area contributed by atoms with Crippen LogP contribution in [-0.2, 0) is 17.7 Å². The Hall–Kier alpha value is -1.13. The largest absolute Gasteiger partial charge is 0.475 e. The van der Waals surface area contributed by atoms with Gasteiger partial charge in [0.25, 0.3) is 0 Å². The van der Waals surface area contributed by atoms with Crippen molar-refractivity contribution in [3.63, 3.8) is 0 Å². The zero-order valence-electron chi connectivity index (χ0n) is 13.1. The van der Waals surface area contributed by atoms with Gasteiger partial charge < -0.3 is 14.8 Å². The van der Waals surface area contributed by atoms with Crippen LogP contribution in [0.4, 0.5) is 0 Å². The van der Waals surface area contributed by atoms with Crippen LogP contribution in [0.15, 0.2) is 12.1 Å². The molecule has 0 bridgehead atoms. The molecule has 0 aromatic carbocycles. The summed E-state index contributed by atoms with van der Waals surface area (Å²) in [6, 6.07) is 4.17. The molecule has 1 heterocycles. The monoisotopic (exact) mass is 280 g/mol. The van der Waals surface area contributed by atoms with E-state index in [1.54, 1.807) is 0 Å². The molecule has 0 unspecified atom stereocenters. The van der Waals surface area contributed by atoms with E-state index in [4.69, 9.17) is 9.47 Å². The minimum Gasteiger partial charge on any atom is -0.475 e. The first kappa shape index (κ1) is 16.9. The third-order valence-corrected chi connectivity index (χ3v) is 2.83. The maximum Gasteiger partial charge on any atom is 0.213 e. The van der Waals surface area contributed by atoms with E-state index in [0.717, 1.165) is 44.7 Å². The van der Waals surface area contributed by atoms with E-state index in [9.17, 15) is 0 Å². The van der Waals surface area contributed by atoms with E-state index in [2.05, 4.69) is 37.1 Å². The zero-order valence-corrected chi connectivity index (χ0v) is 13.1. The number of aromatic nitrogens is 1. The van der Waals surface area contributed by atoms with E-state index in [1.165, 1.54) is 5.56 Å². The van der Waals surface area contributed by atoms with Crippen LogP contribution in [0.2, 0.25) is 0 Å². The fourth-order valence-electron chi connectivity index (χ4n) is 1.90. The second-order valence-corrected chi connectivity index (χ2v) is 4.80. The zero-order chi connectivity index (χ0) is 14.6. The third kappa shape index (κ3) is 6.87. The lowest BCUT2D eigenvalue weighted by Gasteiger charge is -2.10. The van der Waals surface area contributed by atoms with Crippen molar-refractivity contribution in [3.05, 3.63) is 23.4 Å². The highest BCUT2D eigenvalue weighted by Gasteiger charge is 2.04. The van der Waals surface area contributed by atoms with Crippen molar-refractivity contribution in [1.29, 1.82) is 0 Å². The molecule has 4 nitrogen and oxygen atoms in total. The van der Waals surface area contributed by atoms with Gasteiger partial charge in [-0.1, -0.05) is 27.2 Å². The topological polar surface area (TPSA) is 43.4 Å². The summed E-state index contributed by atoms with van der Waals surface area (Å²) >= 11 is 0. The number of hydrogen-bond acceptors (Lipinski definition) is 4. The highest BCUT2D eigenvalue weighted by Crippen LogP contribution is 2.14. The van der Waals surface area contributed by atoms with Crippen molar-refractivity contribution in [2.45, 2.75) is 46.6 Å². The van der Waals surface area contributed by atoms with Crippen molar-refractivity contribution in [1.82, 2.24) is 10.3 Å². The maximum absolute atomic E-state index is 5.70. The van der Waals surface area contributed by atoms with Gasteiger partial charge in [-0.2, -0.15) is 0 Å². The summed E-state index contributed by atoms with van der Waals surface area (Å²) in [6.07, 6.45) is 3.12. The smallest absolute Gasteiger partial charge is 0.213 e. The molecule has 1 aromatic heterocycles. The Kier molecular flexibility index (Phi) is 9.00. The van der Waals surface area contributed by atoms with Gasteiger partial charge >= 0.3 is 0 Å². The summed E-state index contributed by atoms with van der Waals surface area (Å²) in [7, 11) is 0. The second kappa shape index (κ2) is 10.6. The van der Waals surface area contributed by atoms with Crippen LogP contribution >= 0.6 is 0 Å². The molecule has 20 heavy (non-hydrogen) atoms. The first-order chi connectivity index (χ1) is 9.80. The van der Waals surface area contributed by atoms with Gasteiger partial charge in [0, 0.05) is 24.9 Å². The molecule has 0 aliphatic rings. The Morgan fingerprint density at radius 2 is 1.90 bits per heavy atom. The Morgan fingerprint density at radius 3 is 2.60 bits per heavy atom. The van der Waals surface area contributed by atoms with Gasteiger partial charge in [0.05, 0.1) is 6.61 Å². The lowest BCUT2D eigenvalue weighted by molar-refractivity contribution is 0.0989. The minimum atomic E-state index is 0.559. The molecule has 0 saturated heterocycles. The van der Waals surface area contributed by atoms with Gasteiger partial charge in [0.2, 0.25) is 5.88 Å². The average molecular weight is 280 g/mol.